The van der Waals surface area contributed by atoms with Crippen LogP contribution in [0.2, 0.25) is 0 Å². The molecule has 0 amide bonds. The van der Waals surface area contributed by atoms with Crippen LogP contribution < -0.4 is 5.32 Å². The van der Waals surface area contributed by atoms with Gasteiger partial charge in [-0.15, -0.1) is 0 Å². The molecule has 0 saturated carbocycles. The van der Waals surface area contributed by atoms with Gasteiger partial charge in [-0.2, -0.15) is 0 Å². The highest BCUT2D eigenvalue weighted by Gasteiger charge is 1.98. The molecule has 1 aromatic rings. The number of benzene rings is 1. The predicted octanol–water partition coefficient (Wildman–Crippen LogP) is 2.24. The number of nitrogens with one attached hydrogen (secondary N) is 1. The molecule has 16 heavy (non-hydrogen) atoms. The first-order valence-corrected chi connectivity index (χ1v) is 5.86. The number of likely N-dealkylation sites (N-methyl/N-ethyl adjacent to an activating group) is 1. The first kappa shape index (κ1) is 12.9. The Hall–Kier alpha value is -1.12. The Balaban J connectivity index is 2.21. The summed E-state index contributed by atoms with van der Waals surface area (Å²) in [5.41, 5.74) is 2.37. The summed E-state index contributed by atoms with van der Waals surface area (Å²) < 4.78 is 0. The molecule has 0 aliphatic heterocycles. The van der Waals surface area contributed by atoms with Crippen LogP contribution in [0.5, 0.6) is 0 Å². The van der Waals surface area contributed by atoms with E-state index in [0.717, 1.165) is 31.8 Å². The van der Waals surface area contributed by atoms with Crippen LogP contribution in [-0.2, 0) is 0 Å². The normalized spacial score (nSPS) is 10.7. The van der Waals surface area contributed by atoms with E-state index in [2.05, 4.69) is 42.9 Å². The van der Waals surface area contributed by atoms with Crippen molar-refractivity contribution in [3.8, 4) is 0 Å². The van der Waals surface area contributed by atoms with Gasteiger partial charge in [-0.05, 0) is 24.7 Å². The van der Waals surface area contributed by atoms with Gasteiger partial charge in [-0.1, -0.05) is 43.8 Å². The van der Waals surface area contributed by atoms with Crippen molar-refractivity contribution in [2.24, 2.45) is 0 Å². The van der Waals surface area contributed by atoms with Crippen LogP contribution in [0.1, 0.15) is 12.5 Å². The highest BCUT2D eigenvalue weighted by Crippen LogP contribution is 2.09. The van der Waals surface area contributed by atoms with Crippen molar-refractivity contribution in [3.05, 3.63) is 42.5 Å². The molecule has 2 nitrogen and oxygen atoms in total. The topological polar surface area (TPSA) is 15.3 Å². The number of rotatable bonds is 7. The minimum Gasteiger partial charge on any atom is -0.311 e. The maximum Gasteiger partial charge on any atom is 0.0206 e. The molecule has 2 heteroatoms. The fraction of sp³-hybridized carbons (Fsp3) is 0.429. The third kappa shape index (κ3) is 4.60. The van der Waals surface area contributed by atoms with Gasteiger partial charge < -0.3 is 10.2 Å². The van der Waals surface area contributed by atoms with Crippen molar-refractivity contribution in [2.45, 2.75) is 6.92 Å². The fourth-order valence-corrected chi connectivity index (χ4v) is 1.44. The molecule has 0 aromatic heterocycles. The third-order valence-corrected chi connectivity index (χ3v) is 2.73. The molecule has 0 aliphatic carbocycles. The summed E-state index contributed by atoms with van der Waals surface area (Å²) in [7, 11) is 2.13. The first-order valence-electron chi connectivity index (χ1n) is 5.86. The second-order valence-electron chi connectivity index (χ2n) is 4.04. The van der Waals surface area contributed by atoms with Gasteiger partial charge in [0.1, 0.15) is 0 Å². The van der Waals surface area contributed by atoms with Gasteiger partial charge >= 0.3 is 0 Å². The molecule has 0 bridgehead atoms. The fourth-order valence-electron chi connectivity index (χ4n) is 1.44. The van der Waals surface area contributed by atoms with Crippen LogP contribution in [0.15, 0.2) is 36.9 Å². The van der Waals surface area contributed by atoms with Crippen LogP contribution in [0, 0.1) is 0 Å². The van der Waals surface area contributed by atoms with Crippen LogP contribution in [0.25, 0.3) is 5.57 Å². The SMILES string of the molecule is C=C(CNCCN(C)CC)c1ccccc1. The Labute approximate surface area is 99.0 Å². The molecule has 0 fully saturated rings. The summed E-state index contributed by atoms with van der Waals surface area (Å²) in [5, 5.41) is 3.41. The lowest BCUT2D eigenvalue weighted by atomic mass is 10.1. The lowest BCUT2D eigenvalue weighted by Gasteiger charge is -2.14. The average molecular weight is 218 g/mol. The lowest BCUT2D eigenvalue weighted by Crippen LogP contribution is -2.29. The molecule has 0 atom stereocenters. The van der Waals surface area contributed by atoms with Crippen LogP contribution in [-0.4, -0.2) is 38.1 Å². The van der Waals surface area contributed by atoms with Gasteiger partial charge in [0.25, 0.3) is 0 Å². The Morgan fingerprint density at radius 3 is 2.62 bits per heavy atom. The molecule has 0 aliphatic rings. The van der Waals surface area contributed by atoms with Crippen molar-refractivity contribution in [1.82, 2.24) is 10.2 Å². The molecule has 0 saturated heterocycles. The van der Waals surface area contributed by atoms with E-state index in [-0.39, 0.29) is 0 Å². The smallest absolute Gasteiger partial charge is 0.0206 e. The molecule has 1 aromatic carbocycles. The second-order valence-corrected chi connectivity index (χ2v) is 4.04. The maximum atomic E-state index is 4.09. The third-order valence-electron chi connectivity index (χ3n) is 2.73. The lowest BCUT2D eigenvalue weighted by molar-refractivity contribution is 0.352. The number of hydrogen-bond donors (Lipinski definition) is 1. The van der Waals surface area contributed by atoms with Crippen LogP contribution >= 0.6 is 0 Å². The van der Waals surface area contributed by atoms with E-state index in [0.29, 0.717) is 0 Å². The Morgan fingerprint density at radius 1 is 1.31 bits per heavy atom. The van der Waals surface area contributed by atoms with E-state index >= 15 is 0 Å². The van der Waals surface area contributed by atoms with Gasteiger partial charge in [0.15, 0.2) is 0 Å². The maximum absolute atomic E-state index is 4.09. The van der Waals surface area contributed by atoms with Crippen LogP contribution in [0.4, 0.5) is 0 Å². The van der Waals surface area contributed by atoms with E-state index in [4.69, 9.17) is 0 Å². The second kappa shape index (κ2) is 7.20. The summed E-state index contributed by atoms with van der Waals surface area (Å²) in [6, 6.07) is 10.3. The van der Waals surface area contributed by atoms with Crippen molar-refractivity contribution >= 4 is 5.57 Å². The molecule has 1 N–H and O–H groups in total. The van der Waals surface area contributed by atoms with Crippen molar-refractivity contribution in [3.63, 3.8) is 0 Å². The summed E-state index contributed by atoms with van der Waals surface area (Å²) >= 11 is 0. The zero-order chi connectivity index (χ0) is 11.8. The average Bonchev–Trinajstić information content (AvgIpc) is 2.35. The molecule has 0 unspecified atom stereocenters. The zero-order valence-electron chi connectivity index (χ0n) is 10.4. The molecule has 0 radical (unpaired) electrons. The zero-order valence-corrected chi connectivity index (χ0v) is 10.4. The number of hydrogen-bond acceptors (Lipinski definition) is 2. The Morgan fingerprint density at radius 2 is 2.00 bits per heavy atom. The molecule has 1 rings (SSSR count). The number of nitrogens with zero attached hydrogens (tertiary/aromatic N) is 1. The Bertz CT molecular complexity index is 306. The van der Waals surface area contributed by atoms with Gasteiger partial charge in [-0.25, -0.2) is 0 Å². The van der Waals surface area contributed by atoms with E-state index in [1.807, 2.05) is 18.2 Å². The van der Waals surface area contributed by atoms with Crippen molar-refractivity contribution in [1.29, 1.82) is 0 Å². The largest absolute Gasteiger partial charge is 0.311 e. The molecular weight excluding hydrogens is 196 g/mol. The summed E-state index contributed by atoms with van der Waals surface area (Å²) in [5.74, 6) is 0. The van der Waals surface area contributed by atoms with E-state index < -0.39 is 0 Å². The minimum atomic E-state index is 0.863. The highest BCUT2D eigenvalue weighted by atomic mass is 15.1. The van der Waals surface area contributed by atoms with E-state index in [1.165, 1.54) is 5.56 Å². The van der Waals surface area contributed by atoms with Crippen molar-refractivity contribution in [2.75, 3.05) is 33.2 Å². The quantitative estimate of drug-likeness (QED) is 0.706. The monoisotopic (exact) mass is 218 g/mol. The Kier molecular flexibility index (Phi) is 5.83. The van der Waals surface area contributed by atoms with Gasteiger partial charge in [-0.3, -0.25) is 0 Å². The van der Waals surface area contributed by atoms with E-state index in [1.54, 1.807) is 0 Å². The van der Waals surface area contributed by atoms with E-state index in [9.17, 15) is 0 Å². The molecular formula is C14H22N2. The summed E-state index contributed by atoms with van der Waals surface area (Å²) in [4.78, 5) is 2.29. The van der Waals surface area contributed by atoms with Crippen LogP contribution in [0.3, 0.4) is 0 Å². The summed E-state index contributed by atoms with van der Waals surface area (Å²) in [6.07, 6.45) is 0. The van der Waals surface area contributed by atoms with Crippen molar-refractivity contribution < 1.29 is 0 Å². The molecule has 0 spiro atoms. The molecule has 88 valence electrons. The molecule has 0 heterocycles. The summed E-state index contributed by atoms with van der Waals surface area (Å²) in [6.45, 7) is 10.3. The first-order chi connectivity index (χ1) is 7.74. The predicted molar refractivity (Wildman–Crippen MR) is 71.5 cm³/mol. The highest BCUT2D eigenvalue weighted by molar-refractivity contribution is 5.64. The standard InChI is InChI=1S/C14H22N2/c1-4-16(3)11-10-15-12-13(2)14-8-6-5-7-9-14/h5-9,15H,2,4,10-12H2,1,3H3. The van der Waals surface area contributed by atoms with Gasteiger partial charge in [0, 0.05) is 19.6 Å². The van der Waals surface area contributed by atoms with Gasteiger partial charge in [0.2, 0.25) is 0 Å². The minimum absolute atomic E-state index is 0.863. The van der Waals surface area contributed by atoms with Gasteiger partial charge in [0.05, 0.1) is 0 Å².